The highest BCUT2D eigenvalue weighted by atomic mass is 16.4. The molecule has 0 radical (unpaired) electrons. The molecular weight excluding hydrogens is 220 g/mol. The van der Waals surface area contributed by atoms with Crippen LogP contribution in [0.4, 0.5) is 0 Å². The molecule has 0 heterocycles. The monoisotopic (exact) mass is 242 g/mol. The fourth-order valence-electron chi connectivity index (χ4n) is 1.76. The highest BCUT2D eigenvalue weighted by Gasteiger charge is 2.35. The van der Waals surface area contributed by atoms with E-state index >= 15 is 0 Å². The molecule has 1 rings (SSSR count). The largest absolute Gasteiger partial charge is 0.481 e. The molecule has 0 bridgehead atoms. The Morgan fingerprint density at radius 3 is 2.47 bits per heavy atom. The van der Waals surface area contributed by atoms with Crippen molar-refractivity contribution >= 4 is 11.9 Å². The van der Waals surface area contributed by atoms with E-state index in [0.717, 1.165) is 19.3 Å². The van der Waals surface area contributed by atoms with E-state index < -0.39 is 12.0 Å². The van der Waals surface area contributed by atoms with Gasteiger partial charge in [0.1, 0.15) is 0 Å². The molecule has 3 N–H and O–H groups in total. The van der Waals surface area contributed by atoms with Crippen LogP contribution in [-0.4, -0.2) is 40.5 Å². The zero-order chi connectivity index (χ0) is 13.0. The smallest absolute Gasteiger partial charge is 0.305 e. The molecule has 5 heteroatoms. The van der Waals surface area contributed by atoms with Gasteiger partial charge in [0.05, 0.1) is 12.5 Å². The van der Waals surface area contributed by atoms with Crippen molar-refractivity contribution in [3.63, 3.8) is 0 Å². The maximum absolute atomic E-state index is 12.1. The summed E-state index contributed by atoms with van der Waals surface area (Å²) in [5, 5.41) is 8.67. The van der Waals surface area contributed by atoms with Crippen LogP contribution in [0.3, 0.4) is 0 Å². The second-order valence-electron chi connectivity index (χ2n) is 4.82. The van der Waals surface area contributed by atoms with Crippen molar-refractivity contribution < 1.29 is 14.7 Å². The minimum atomic E-state index is -0.874. The Morgan fingerprint density at radius 1 is 1.47 bits per heavy atom. The molecular formula is C12H22N2O3. The SMILES string of the molecule is CC[C@H](C)[C@H](N)C(=O)N(CCC(=O)O)C1CC1. The highest BCUT2D eigenvalue weighted by Crippen LogP contribution is 2.28. The molecule has 2 atom stereocenters. The van der Waals surface area contributed by atoms with Crippen molar-refractivity contribution in [2.75, 3.05) is 6.54 Å². The molecule has 0 aromatic rings. The van der Waals surface area contributed by atoms with Crippen LogP contribution in [-0.2, 0) is 9.59 Å². The first kappa shape index (κ1) is 14.0. The summed E-state index contributed by atoms with van der Waals surface area (Å²) >= 11 is 0. The van der Waals surface area contributed by atoms with Gasteiger partial charge in [-0.15, -0.1) is 0 Å². The number of carbonyl (C=O) groups excluding carboxylic acids is 1. The lowest BCUT2D eigenvalue weighted by atomic mass is 9.98. The Bertz CT molecular complexity index is 289. The topological polar surface area (TPSA) is 83.6 Å². The first-order valence-corrected chi connectivity index (χ1v) is 6.25. The summed E-state index contributed by atoms with van der Waals surface area (Å²) in [6, 6.07) is -0.286. The molecule has 0 unspecified atom stereocenters. The number of nitrogens with zero attached hydrogens (tertiary/aromatic N) is 1. The lowest BCUT2D eigenvalue weighted by Crippen LogP contribution is -2.48. The zero-order valence-corrected chi connectivity index (χ0v) is 10.6. The molecule has 0 aliphatic heterocycles. The molecule has 5 nitrogen and oxygen atoms in total. The summed E-state index contributed by atoms with van der Waals surface area (Å²) in [5.41, 5.74) is 5.91. The maximum Gasteiger partial charge on any atom is 0.305 e. The maximum atomic E-state index is 12.1. The second-order valence-corrected chi connectivity index (χ2v) is 4.82. The standard InChI is InChI=1S/C12H22N2O3/c1-3-8(2)11(13)12(17)14(9-4-5-9)7-6-10(15)16/h8-9,11H,3-7,13H2,1-2H3,(H,15,16)/t8-,11-/m0/s1. The molecule has 0 aromatic heterocycles. The van der Waals surface area contributed by atoms with Crippen LogP contribution in [0.1, 0.15) is 39.5 Å². The average Bonchev–Trinajstić information content (AvgIpc) is 3.10. The normalized spacial score (nSPS) is 18.5. The van der Waals surface area contributed by atoms with E-state index in [9.17, 15) is 9.59 Å². The Hall–Kier alpha value is -1.10. The summed E-state index contributed by atoms with van der Waals surface area (Å²) in [6.07, 6.45) is 2.79. The van der Waals surface area contributed by atoms with Gasteiger partial charge in [-0.25, -0.2) is 0 Å². The van der Waals surface area contributed by atoms with Crippen LogP contribution in [0, 0.1) is 5.92 Å². The summed E-state index contributed by atoms with van der Waals surface area (Å²) in [6.45, 7) is 4.23. The van der Waals surface area contributed by atoms with Gasteiger partial charge in [-0.3, -0.25) is 9.59 Å². The van der Waals surface area contributed by atoms with Gasteiger partial charge >= 0.3 is 5.97 Å². The van der Waals surface area contributed by atoms with Gasteiger partial charge in [0.2, 0.25) is 5.91 Å². The first-order chi connectivity index (χ1) is 7.97. The third-order valence-electron chi connectivity index (χ3n) is 3.38. The Labute approximate surface area is 102 Å². The minimum absolute atomic E-state index is 0.00450. The average molecular weight is 242 g/mol. The van der Waals surface area contributed by atoms with E-state index in [1.807, 2.05) is 13.8 Å². The molecule has 1 fully saturated rings. The van der Waals surface area contributed by atoms with E-state index in [1.165, 1.54) is 0 Å². The van der Waals surface area contributed by atoms with Gasteiger partial charge in [0.15, 0.2) is 0 Å². The zero-order valence-electron chi connectivity index (χ0n) is 10.6. The van der Waals surface area contributed by atoms with Crippen molar-refractivity contribution in [1.29, 1.82) is 0 Å². The predicted octanol–water partition coefficient (Wildman–Crippen LogP) is 0.826. The van der Waals surface area contributed by atoms with E-state index in [4.69, 9.17) is 10.8 Å². The molecule has 98 valence electrons. The summed E-state index contributed by atoms with van der Waals surface area (Å²) in [7, 11) is 0. The number of carboxylic acid groups (broad SMARTS) is 1. The third kappa shape index (κ3) is 4.00. The second kappa shape index (κ2) is 6.00. The Morgan fingerprint density at radius 2 is 2.06 bits per heavy atom. The molecule has 1 amide bonds. The lowest BCUT2D eigenvalue weighted by molar-refractivity contribution is -0.139. The van der Waals surface area contributed by atoms with Crippen molar-refractivity contribution in [1.82, 2.24) is 4.90 Å². The van der Waals surface area contributed by atoms with Crippen LogP contribution in [0.25, 0.3) is 0 Å². The number of rotatable bonds is 7. The van der Waals surface area contributed by atoms with E-state index in [1.54, 1.807) is 4.90 Å². The van der Waals surface area contributed by atoms with Gasteiger partial charge < -0.3 is 15.7 Å². The van der Waals surface area contributed by atoms with E-state index in [-0.39, 0.29) is 30.8 Å². The van der Waals surface area contributed by atoms with Crippen LogP contribution in [0.2, 0.25) is 0 Å². The molecule has 0 spiro atoms. The van der Waals surface area contributed by atoms with Crippen LogP contribution < -0.4 is 5.73 Å². The molecule has 1 aliphatic rings. The number of aliphatic carboxylic acids is 1. The summed E-state index contributed by atoms with van der Waals surface area (Å²) in [4.78, 5) is 24.4. The third-order valence-corrected chi connectivity index (χ3v) is 3.38. The fourth-order valence-corrected chi connectivity index (χ4v) is 1.76. The predicted molar refractivity (Wildman–Crippen MR) is 64.4 cm³/mol. The van der Waals surface area contributed by atoms with Crippen LogP contribution >= 0.6 is 0 Å². The number of hydrogen-bond acceptors (Lipinski definition) is 3. The fraction of sp³-hybridized carbons (Fsp3) is 0.833. The lowest BCUT2D eigenvalue weighted by Gasteiger charge is -2.27. The van der Waals surface area contributed by atoms with Gasteiger partial charge in [-0.1, -0.05) is 20.3 Å². The molecule has 1 aliphatic carbocycles. The minimum Gasteiger partial charge on any atom is -0.481 e. The van der Waals surface area contributed by atoms with Crippen LogP contribution in [0.15, 0.2) is 0 Å². The number of amides is 1. The summed E-state index contributed by atoms with van der Waals surface area (Å²) < 4.78 is 0. The van der Waals surface area contributed by atoms with Crippen LogP contribution in [0.5, 0.6) is 0 Å². The molecule has 0 saturated heterocycles. The summed E-state index contributed by atoms with van der Waals surface area (Å²) in [5.74, 6) is -0.836. The number of carbonyl (C=O) groups is 2. The van der Waals surface area contributed by atoms with Crippen molar-refractivity contribution in [2.24, 2.45) is 11.7 Å². The molecule has 0 aromatic carbocycles. The van der Waals surface area contributed by atoms with E-state index in [0.29, 0.717) is 0 Å². The Balaban J connectivity index is 2.57. The van der Waals surface area contributed by atoms with Gasteiger partial charge in [0.25, 0.3) is 0 Å². The molecule has 17 heavy (non-hydrogen) atoms. The number of carboxylic acids is 1. The van der Waals surface area contributed by atoms with Gasteiger partial charge in [-0.05, 0) is 18.8 Å². The number of nitrogens with two attached hydrogens (primary N) is 1. The molecule has 1 saturated carbocycles. The van der Waals surface area contributed by atoms with Gasteiger partial charge in [-0.2, -0.15) is 0 Å². The van der Waals surface area contributed by atoms with Crippen molar-refractivity contribution in [2.45, 2.75) is 51.6 Å². The van der Waals surface area contributed by atoms with Gasteiger partial charge in [0, 0.05) is 12.6 Å². The van der Waals surface area contributed by atoms with Crippen molar-refractivity contribution in [3.8, 4) is 0 Å². The van der Waals surface area contributed by atoms with E-state index in [2.05, 4.69) is 0 Å². The Kier molecular flexibility index (Phi) is 4.93. The number of hydrogen-bond donors (Lipinski definition) is 2. The van der Waals surface area contributed by atoms with Crippen molar-refractivity contribution in [3.05, 3.63) is 0 Å². The quantitative estimate of drug-likeness (QED) is 0.692. The highest BCUT2D eigenvalue weighted by molar-refractivity contribution is 5.83. The first-order valence-electron chi connectivity index (χ1n) is 6.25.